The molecule has 0 aliphatic rings. The van der Waals surface area contributed by atoms with Crippen LogP contribution in [0.5, 0.6) is 0 Å². The van der Waals surface area contributed by atoms with Crippen molar-refractivity contribution in [1.29, 1.82) is 0 Å². The third-order valence-electron chi connectivity index (χ3n) is 3.07. The molecule has 3 N–H and O–H groups in total. The number of H-pyrrole nitrogens is 1. The molecule has 0 radical (unpaired) electrons. The van der Waals surface area contributed by atoms with Gasteiger partial charge in [0.2, 0.25) is 0 Å². The summed E-state index contributed by atoms with van der Waals surface area (Å²) in [4.78, 5) is 0. The fourth-order valence-electron chi connectivity index (χ4n) is 2.19. The lowest BCUT2D eigenvalue weighted by Gasteiger charge is -2.04. The van der Waals surface area contributed by atoms with Crippen molar-refractivity contribution in [3.8, 4) is 22.4 Å². The van der Waals surface area contributed by atoms with Crippen molar-refractivity contribution in [3.05, 3.63) is 47.9 Å². The van der Waals surface area contributed by atoms with E-state index in [4.69, 9.17) is 10.2 Å². The molecule has 0 bridgehead atoms. The zero-order valence-electron chi connectivity index (χ0n) is 10.6. The van der Waals surface area contributed by atoms with Gasteiger partial charge in [-0.2, -0.15) is 5.10 Å². The number of aromatic nitrogens is 2. The Hall–Kier alpha value is -2.63. The van der Waals surface area contributed by atoms with Crippen molar-refractivity contribution in [3.63, 3.8) is 0 Å². The highest BCUT2D eigenvalue weighted by molar-refractivity contribution is 5.88. The molecule has 3 rings (SSSR count). The van der Waals surface area contributed by atoms with Gasteiger partial charge in [-0.05, 0) is 30.7 Å². The van der Waals surface area contributed by atoms with Crippen LogP contribution in [0.15, 0.2) is 34.9 Å². The fourth-order valence-corrected chi connectivity index (χ4v) is 2.19. The first-order valence-electron chi connectivity index (χ1n) is 5.91. The van der Waals surface area contributed by atoms with Gasteiger partial charge in [-0.25, -0.2) is 8.78 Å². The minimum absolute atomic E-state index is 0.172. The van der Waals surface area contributed by atoms with Crippen LogP contribution in [0.1, 0.15) is 5.76 Å². The number of anilines is 1. The van der Waals surface area contributed by atoms with Crippen LogP contribution < -0.4 is 5.73 Å². The molecule has 0 unspecified atom stereocenters. The van der Waals surface area contributed by atoms with Crippen molar-refractivity contribution >= 4 is 5.82 Å². The highest BCUT2D eigenvalue weighted by atomic mass is 19.1. The Morgan fingerprint density at radius 3 is 2.50 bits per heavy atom. The summed E-state index contributed by atoms with van der Waals surface area (Å²) in [5.41, 5.74) is 7.90. The Kier molecular flexibility index (Phi) is 2.78. The Bertz CT molecular complexity index is 756. The summed E-state index contributed by atoms with van der Waals surface area (Å²) in [5, 5.41) is 6.69. The van der Waals surface area contributed by atoms with Crippen LogP contribution in [-0.2, 0) is 0 Å². The summed E-state index contributed by atoms with van der Waals surface area (Å²) in [7, 11) is 0. The van der Waals surface area contributed by atoms with Crippen molar-refractivity contribution in [2.24, 2.45) is 0 Å². The molecule has 0 fully saturated rings. The van der Waals surface area contributed by atoms with E-state index in [1.165, 1.54) is 18.4 Å². The number of nitrogens with one attached hydrogen (secondary N) is 1. The van der Waals surface area contributed by atoms with Crippen LogP contribution in [0.4, 0.5) is 14.6 Å². The Morgan fingerprint density at radius 2 is 1.90 bits per heavy atom. The second kappa shape index (κ2) is 4.48. The van der Waals surface area contributed by atoms with Crippen LogP contribution in [0.2, 0.25) is 0 Å². The number of rotatable bonds is 2. The third kappa shape index (κ3) is 1.95. The van der Waals surface area contributed by atoms with Gasteiger partial charge >= 0.3 is 0 Å². The van der Waals surface area contributed by atoms with Crippen molar-refractivity contribution in [1.82, 2.24) is 10.2 Å². The summed E-state index contributed by atoms with van der Waals surface area (Å²) >= 11 is 0. The summed E-state index contributed by atoms with van der Waals surface area (Å²) in [6.07, 6.45) is 1.53. The van der Waals surface area contributed by atoms with Crippen molar-refractivity contribution in [2.45, 2.75) is 6.92 Å². The summed E-state index contributed by atoms with van der Waals surface area (Å²) in [5.74, 6) is -0.511. The van der Waals surface area contributed by atoms with Gasteiger partial charge in [0.15, 0.2) is 5.82 Å². The monoisotopic (exact) mass is 275 g/mol. The summed E-state index contributed by atoms with van der Waals surface area (Å²) in [6, 6.07) is 4.97. The molecular formula is C14H11F2N3O. The van der Waals surface area contributed by atoms with Crippen LogP contribution in [0.3, 0.4) is 0 Å². The highest BCUT2D eigenvalue weighted by Gasteiger charge is 2.18. The van der Waals surface area contributed by atoms with Crippen LogP contribution in [0, 0.1) is 18.6 Å². The molecule has 2 aromatic heterocycles. The van der Waals surface area contributed by atoms with Crippen molar-refractivity contribution in [2.75, 3.05) is 5.73 Å². The average Bonchev–Trinajstić information content (AvgIpc) is 2.93. The molecule has 2 heterocycles. The number of aromatic amines is 1. The van der Waals surface area contributed by atoms with Gasteiger partial charge in [-0.3, -0.25) is 5.10 Å². The smallest absolute Gasteiger partial charge is 0.153 e. The van der Waals surface area contributed by atoms with E-state index < -0.39 is 11.6 Å². The molecule has 0 amide bonds. The van der Waals surface area contributed by atoms with E-state index in [9.17, 15) is 8.78 Å². The standard InChI is InChI=1S/C14H11F2N3O/c1-7-11(2-3-20-7)13-12(14(17)19-18-13)8-4-9(15)6-10(16)5-8/h2-6H,1H3,(H3,17,18,19). The van der Waals surface area contributed by atoms with E-state index in [0.29, 0.717) is 22.6 Å². The SMILES string of the molecule is Cc1occc1-c1[nH]nc(N)c1-c1cc(F)cc(F)c1. The Balaban J connectivity index is 2.24. The molecule has 3 aromatic rings. The maximum absolute atomic E-state index is 13.4. The van der Waals surface area contributed by atoms with E-state index in [1.807, 2.05) is 0 Å². The van der Waals surface area contributed by atoms with Gasteiger partial charge in [-0.15, -0.1) is 0 Å². The number of aryl methyl sites for hydroxylation is 1. The van der Waals surface area contributed by atoms with E-state index >= 15 is 0 Å². The molecule has 102 valence electrons. The minimum Gasteiger partial charge on any atom is -0.469 e. The molecule has 0 saturated carbocycles. The number of benzene rings is 1. The predicted octanol–water partition coefficient (Wildman–Crippen LogP) is 3.51. The largest absolute Gasteiger partial charge is 0.469 e. The second-order valence-electron chi connectivity index (χ2n) is 4.41. The number of halogens is 2. The molecule has 1 aromatic carbocycles. The lowest BCUT2D eigenvalue weighted by atomic mass is 10.0. The summed E-state index contributed by atoms with van der Waals surface area (Å²) < 4.78 is 32.0. The molecular weight excluding hydrogens is 264 g/mol. The number of nitrogens with zero attached hydrogens (tertiary/aromatic N) is 1. The van der Waals surface area contributed by atoms with Gasteiger partial charge in [0.1, 0.15) is 17.4 Å². The minimum atomic E-state index is -0.671. The molecule has 0 aliphatic heterocycles. The molecule has 20 heavy (non-hydrogen) atoms. The number of hydrogen-bond donors (Lipinski definition) is 2. The van der Waals surface area contributed by atoms with Crippen molar-refractivity contribution < 1.29 is 13.2 Å². The van der Waals surface area contributed by atoms with Gasteiger partial charge in [0, 0.05) is 11.6 Å². The van der Waals surface area contributed by atoms with E-state index in [-0.39, 0.29) is 5.82 Å². The average molecular weight is 275 g/mol. The number of hydrogen-bond acceptors (Lipinski definition) is 3. The lowest BCUT2D eigenvalue weighted by Crippen LogP contribution is -1.91. The predicted molar refractivity (Wildman–Crippen MR) is 70.8 cm³/mol. The lowest BCUT2D eigenvalue weighted by molar-refractivity contribution is 0.535. The van der Waals surface area contributed by atoms with Crippen LogP contribution in [-0.4, -0.2) is 10.2 Å². The zero-order valence-corrected chi connectivity index (χ0v) is 10.6. The summed E-state index contributed by atoms with van der Waals surface area (Å²) in [6.45, 7) is 1.78. The van der Waals surface area contributed by atoms with Gasteiger partial charge in [-0.1, -0.05) is 0 Å². The Morgan fingerprint density at radius 1 is 1.20 bits per heavy atom. The number of furan rings is 1. The molecule has 0 atom stereocenters. The quantitative estimate of drug-likeness (QED) is 0.752. The topological polar surface area (TPSA) is 67.8 Å². The molecule has 0 saturated heterocycles. The third-order valence-corrected chi connectivity index (χ3v) is 3.07. The zero-order chi connectivity index (χ0) is 14.3. The maximum atomic E-state index is 13.4. The number of nitrogens with two attached hydrogens (primary N) is 1. The van der Waals surface area contributed by atoms with Crippen LogP contribution >= 0.6 is 0 Å². The first kappa shape index (κ1) is 12.4. The fraction of sp³-hybridized carbons (Fsp3) is 0.0714. The maximum Gasteiger partial charge on any atom is 0.153 e. The van der Waals surface area contributed by atoms with Gasteiger partial charge in [0.05, 0.1) is 17.5 Å². The number of nitrogen functional groups attached to an aromatic ring is 1. The first-order chi connectivity index (χ1) is 9.56. The highest BCUT2D eigenvalue weighted by Crippen LogP contribution is 2.36. The normalized spacial score (nSPS) is 10.9. The van der Waals surface area contributed by atoms with E-state index in [1.54, 1.807) is 13.0 Å². The Labute approximate surface area is 113 Å². The molecule has 0 aliphatic carbocycles. The second-order valence-corrected chi connectivity index (χ2v) is 4.41. The molecule has 6 heteroatoms. The van der Waals surface area contributed by atoms with Gasteiger partial charge < -0.3 is 10.2 Å². The van der Waals surface area contributed by atoms with Gasteiger partial charge in [0.25, 0.3) is 0 Å². The van der Waals surface area contributed by atoms with Crippen LogP contribution in [0.25, 0.3) is 22.4 Å². The molecule has 4 nitrogen and oxygen atoms in total. The first-order valence-corrected chi connectivity index (χ1v) is 5.91. The van der Waals surface area contributed by atoms with E-state index in [2.05, 4.69) is 10.2 Å². The molecule has 0 spiro atoms. The van der Waals surface area contributed by atoms with E-state index in [0.717, 1.165) is 11.6 Å².